The number of hydrogen-bond acceptors (Lipinski definition) is 4. The fourth-order valence-electron chi connectivity index (χ4n) is 1.73. The fourth-order valence-corrected chi connectivity index (χ4v) is 2.72. The molecular formula is C10H14ClN3S. The quantitative estimate of drug-likeness (QED) is 0.784. The first-order valence-electron chi connectivity index (χ1n) is 4.78. The van der Waals surface area contributed by atoms with Crippen molar-refractivity contribution in [3.05, 3.63) is 23.2 Å². The molecule has 0 saturated heterocycles. The number of anilines is 2. The van der Waals surface area contributed by atoms with Crippen molar-refractivity contribution in [2.24, 2.45) is 5.73 Å². The van der Waals surface area contributed by atoms with Gasteiger partial charge >= 0.3 is 0 Å². The van der Waals surface area contributed by atoms with Crippen molar-refractivity contribution in [1.82, 2.24) is 0 Å². The van der Waals surface area contributed by atoms with Gasteiger partial charge in [-0.05, 0) is 25.1 Å². The summed E-state index contributed by atoms with van der Waals surface area (Å²) < 4.78 is 2.16. The van der Waals surface area contributed by atoms with Crippen molar-refractivity contribution in [1.29, 1.82) is 0 Å². The van der Waals surface area contributed by atoms with Crippen molar-refractivity contribution < 1.29 is 0 Å². The second kappa shape index (κ2) is 4.12. The fraction of sp³-hybridized carbons (Fsp3) is 0.400. The smallest absolute Gasteiger partial charge is 0.125 e. The first kappa shape index (κ1) is 10.9. The molecule has 15 heavy (non-hydrogen) atoms. The van der Waals surface area contributed by atoms with Crippen LogP contribution in [0.3, 0.4) is 0 Å². The summed E-state index contributed by atoms with van der Waals surface area (Å²) in [6.45, 7) is 1.99. The number of nitrogens with two attached hydrogens (primary N) is 1. The number of nitrogens with one attached hydrogen (secondary N) is 1. The summed E-state index contributed by atoms with van der Waals surface area (Å²) in [7, 11) is 0. The lowest BCUT2D eigenvalue weighted by Crippen LogP contribution is -2.44. The van der Waals surface area contributed by atoms with E-state index in [1.54, 1.807) is 11.9 Å². The molecule has 2 atom stereocenters. The van der Waals surface area contributed by atoms with Crippen molar-refractivity contribution in [2.45, 2.75) is 19.1 Å². The molecule has 82 valence electrons. The Labute approximate surface area is 99.1 Å². The van der Waals surface area contributed by atoms with Gasteiger partial charge in [0.25, 0.3) is 0 Å². The summed E-state index contributed by atoms with van der Waals surface area (Å²) in [6.07, 6.45) is 2.17. The van der Waals surface area contributed by atoms with Gasteiger partial charge in [-0.1, -0.05) is 23.5 Å². The normalized spacial score (nSPS) is 21.1. The first-order valence-corrected chi connectivity index (χ1v) is 6.34. The second-order valence-corrected chi connectivity index (χ2v) is 4.81. The van der Waals surface area contributed by atoms with Gasteiger partial charge in [-0.25, -0.2) is 0 Å². The SMILES string of the molecule is CSN1c2cc(Cl)ccc2N[C@@H]1C(C)N. The van der Waals surface area contributed by atoms with Crippen LogP contribution in [0, 0.1) is 0 Å². The third-order valence-corrected chi connectivity index (χ3v) is 3.50. The number of hydrogen-bond donors (Lipinski definition) is 2. The van der Waals surface area contributed by atoms with E-state index < -0.39 is 0 Å². The van der Waals surface area contributed by atoms with Gasteiger partial charge < -0.3 is 11.1 Å². The van der Waals surface area contributed by atoms with Crippen molar-refractivity contribution in [3.63, 3.8) is 0 Å². The highest BCUT2D eigenvalue weighted by Gasteiger charge is 2.30. The van der Waals surface area contributed by atoms with Gasteiger partial charge in [0.2, 0.25) is 0 Å². The van der Waals surface area contributed by atoms with E-state index in [0.717, 1.165) is 16.4 Å². The van der Waals surface area contributed by atoms with Crippen molar-refractivity contribution in [3.8, 4) is 0 Å². The van der Waals surface area contributed by atoms with Gasteiger partial charge in [0, 0.05) is 17.3 Å². The predicted molar refractivity (Wildman–Crippen MR) is 68.5 cm³/mol. The predicted octanol–water partition coefficient (Wildman–Crippen LogP) is 2.52. The molecule has 0 aromatic heterocycles. The van der Waals surface area contributed by atoms with Crippen molar-refractivity contribution in [2.75, 3.05) is 15.9 Å². The van der Waals surface area contributed by atoms with E-state index in [1.807, 2.05) is 31.4 Å². The standard InChI is InChI=1S/C10H14ClN3S/c1-6(12)10-13-8-4-3-7(11)5-9(8)14(10)15-2/h3-6,10,13H,12H2,1-2H3/t6?,10-/m0/s1. The Hall–Kier alpha value is -0.580. The molecule has 5 heteroatoms. The first-order chi connectivity index (χ1) is 7.13. The molecule has 0 aliphatic carbocycles. The topological polar surface area (TPSA) is 41.3 Å². The monoisotopic (exact) mass is 243 g/mol. The molecule has 1 aromatic rings. The Bertz CT molecular complexity index is 370. The Morgan fingerprint density at radius 3 is 2.93 bits per heavy atom. The largest absolute Gasteiger partial charge is 0.362 e. The molecule has 1 aromatic carbocycles. The molecule has 3 nitrogen and oxygen atoms in total. The van der Waals surface area contributed by atoms with Gasteiger partial charge in [-0.3, -0.25) is 4.31 Å². The third kappa shape index (κ3) is 1.89. The lowest BCUT2D eigenvalue weighted by atomic mass is 10.3. The molecule has 3 N–H and O–H groups in total. The highest BCUT2D eigenvalue weighted by Crippen LogP contribution is 2.40. The Balaban J connectivity index is 2.38. The van der Waals surface area contributed by atoms with Crippen molar-refractivity contribution >= 4 is 34.9 Å². The summed E-state index contributed by atoms with van der Waals surface area (Å²) in [5.41, 5.74) is 8.13. The zero-order chi connectivity index (χ0) is 11.0. The summed E-state index contributed by atoms with van der Waals surface area (Å²) in [4.78, 5) is 0. The number of rotatable bonds is 2. The van der Waals surface area contributed by atoms with E-state index >= 15 is 0 Å². The zero-order valence-corrected chi connectivity index (χ0v) is 10.3. The number of fused-ring (bicyclic) bond motifs is 1. The Kier molecular flexibility index (Phi) is 3.00. The van der Waals surface area contributed by atoms with Crippen LogP contribution in [0.1, 0.15) is 6.92 Å². The van der Waals surface area contributed by atoms with Crippen LogP contribution in [0.15, 0.2) is 18.2 Å². The Morgan fingerprint density at radius 2 is 2.33 bits per heavy atom. The molecule has 0 saturated carbocycles. The van der Waals surface area contributed by atoms with Gasteiger partial charge in [-0.15, -0.1) is 0 Å². The zero-order valence-electron chi connectivity index (χ0n) is 8.70. The highest BCUT2D eigenvalue weighted by molar-refractivity contribution is 8.00. The third-order valence-electron chi connectivity index (χ3n) is 2.45. The maximum atomic E-state index is 5.98. The van der Waals surface area contributed by atoms with E-state index in [1.165, 1.54) is 0 Å². The minimum atomic E-state index is 0.0589. The van der Waals surface area contributed by atoms with E-state index in [4.69, 9.17) is 17.3 Å². The molecule has 1 heterocycles. The van der Waals surface area contributed by atoms with Crippen LogP contribution >= 0.6 is 23.5 Å². The summed E-state index contributed by atoms with van der Waals surface area (Å²) in [6, 6.07) is 5.89. The number of nitrogens with zero attached hydrogens (tertiary/aromatic N) is 1. The molecule has 1 unspecified atom stereocenters. The molecule has 0 spiro atoms. The van der Waals surface area contributed by atoms with Crippen LogP contribution in [0.25, 0.3) is 0 Å². The van der Waals surface area contributed by atoms with E-state index in [9.17, 15) is 0 Å². The maximum Gasteiger partial charge on any atom is 0.125 e. The second-order valence-electron chi connectivity index (χ2n) is 3.62. The van der Waals surface area contributed by atoms with Gasteiger partial charge in [-0.2, -0.15) is 0 Å². The summed E-state index contributed by atoms with van der Waals surface area (Å²) in [5.74, 6) is 0. The van der Waals surface area contributed by atoms with Gasteiger partial charge in [0.05, 0.1) is 11.4 Å². The number of benzene rings is 1. The van der Waals surface area contributed by atoms with Gasteiger partial charge in [0.15, 0.2) is 0 Å². The van der Waals surface area contributed by atoms with Crippen LogP contribution in [-0.2, 0) is 0 Å². The van der Waals surface area contributed by atoms with Crippen LogP contribution in [0.4, 0.5) is 11.4 Å². The van der Waals surface area contributed by atoms with Crippen LogP contribution in [0.5, 0.6) is 0 Å². The van der Waals surface area contributed by atoms with E-state index in [0.29, 0.717) is 0 Å². The molecule has 2 rings (SSSR count). The molecule has 0 radical (unpaired) electrons. The minimum absolute atomic E-state index is 0.0589. The molecular weight excluding hydrogens is 230 g/mol. The lowest BCUT2D eigenvalue weighted by Gasteiger charge is -2.26. The van der Waals surface area contributed by atoms with E-state index in [2.05, 4.69) is 9.62 Å². The Morgan fingerprint density at radius 1 is 1.60 bits per heavy atom. The maximum absolute atomic E-state index is 5.98. The summed E-state index contributed by atoms with van der Waals surface area (Å²) >= 11 is 7.63. The van der Waals surface area contributed by atoms with Gasteiger partial charge in [0.1, 0.15) is 6.17 Å². The summed E-state index contributed by atoms with van der Waals surface area (Å²) in [5, 5.41) is 4.13. The van der Waals surface area contributed by atoms with Crippen LogP contribution < -0.4 is 15.4 Å². The number of halogens is 1. The van der Waals surface area contributed by atoms with Crippen LogP contribution in [-0.4, -0.2) is 18.5 Å². The average Bonchev–Trinajstić information content (AvgIpc) is 2.55. The highest BCUT2D eigenvalue weighted by atomic mass is 35.5. The molecule has 0 bridgehead atoms. The minimum Gasteiger partial charge on any atom is -0.362 e. The molecule has 0 amide bonds. The average molecular weight is 244 g/mol. The molecule has 1 aliphatic rings. The molecule has 1 aliphatic heterocycles. The molecule has 0 fully saturated rings. The lowest BCUT2D eigenvalue weighted by molar-refractivity contribution is 0.637. The van der Waals surface area contributed by atoms with Crippen LogP contribution in [0.2, 0.25) is 5.02 Å². The van der Waals surface area contributed by atoms with E-state index in [-0.39, 0.29) is 12.2 Å².